The topological polar surface area (TPSA) is 46.2 Å². The molecule has 1 atom stereocenters. The number of hydrogen-bond donors (Lipinski definition) is 1. The Bertz CT molecular complexity index is 782. The van der Waals surface area contributed by atoms with Gasteiger partial charge in [-0.3, -0.25) is 4.72 Å². The van der Waals surface area contributed by atoms with Crippen LogP contribution in [0.5, 0.6) is 0 Å². The summed E-state index contributed by atoms with van der Waals surface area (Å²) in [5.74, 6) is 0.324. The second kappa shape index (κ2) is 6.84. The Morgan fingerprint density at radius 2 is 1.54 bits per heavy atom. The molecule has 0 amide bonds. The standard InChI is InChI=1S/C17H18F3NO2S/c1-3-12(2)13-4-10-16(11-5-13)24(22,23)21-15-8-6-14(7-9-15)17(18,19)20/h4-12,21H,3H2,1-2H3. The smallest absolute Gasteiger partial charge is 0.280 e. The van der Waals surface area contributed by atoms with Gasteiger partial charge in [0.05, 0.1) is 10.5 Å². The average molecular weight is 357 g/mol. The van der Waals surface area contributed by atoms with Gasteiger partial charge in [0.1, 0.15) is 0 Å². The van der Waals surface area contributed by atoms with Gasteiger partial charge in [0.15, 0.2) is 0 Å². The maximum absolute atomic E-state index is 12.5. The lowest BCUT2D eigenvalue weighted by molar-refractivity contribution is -0.137. The minimum Gasteiger partial charge on any atom is -0.280 e. The molecular weight excluding hydrogens is 339 g/mol. The number of nitrogens with one attached hydrogen (secondary N) is 1. The number of benzene rings is 2. The Hall–Kier alpha value is -2.02. The lowest BCUT2D eigenvalue weighted by Crippen LogP contribution is -2.13. The Labute approximate surface area is 139 Å². The molecule has 2 aromatic rings. The lowest BCUT2D eigenvalue weighted by atomic mass is 9.99. The predicted octanol–water partition coefficient (Wildman–Crippen LogP) is 5.02. The number of halogens is 3. The van der Waals surface area contributed by atoms with Crippen LogP contribution in [0.2, 0.25) is 0 Å². The molecule has 130 valence electrons. The van der Waals surface area contributed by atoms with Crippen molar-refractivity contribution in [3.63, 3.8) is 0 Å². The summed E-state index contributed by atoms with van der Waals surface area (Å²) in [6, 6.07) is 10.3. The molecule has 24 heavy (non-hydrogen) atoms. The van der Waals surface area contributed by atoms with Gasteiger partial charge < -0.3 is 0 Å². The van der Waals surface area contributed by atoms with Crippen LogP contribution in [0.4, 0.5) is 18.9 Å². The van der Waals surface area contributed by atoms with E-state index in [1.54, 1.807) is 12.1 Å². The van der Waals surface area contributed by atoms with Crippen molar-refractivity contribution >= 4 is 15.7 Å². The highest BCUT2D eigenvalue weighted by Gasteiger charge is 2.30. The highest BCUT2D eigenvalue weighted by molar-refractivity contribution is 7.92. The predicted molar refractivity (Wildman–Crippen MR) is 87.4 cm³/mol. The first-order valence-electron chi connectivity index (χ1n) is 7.43. The Morgan fingerprint density at radius 1 is 1.00 bits per heavy atom. The third-order valence-electron chi connectivity index (χ3n) is 3.84. The van der Waals surface area contributed by atoms with E-state index >= 15 is 0 Å². The van der Waals surface area contributed by atoms with Crippen LogP contribution in [-0.2, 0) is 16.2 Å². The van der Waals surface area contributed by atoms with Gasteiger partial charge in [0.25, 0.3) is 10.0 Å². The van der Waals surface area contributed by atoms with Gasteiger partial charge in [0.2, 0.25) is 0 Å². The fourth-order valence-electron chi connectivity index (χ4n) is 2.15. The minimum absolute atomic E-state index is 0.0643. The summed E-state index contributed by atoms with van der Waals surface area (Å²) in [6.07, 6.45) is -3.51. The Balaban J connectivity index is 2.19. The van der Waals surface area contributed by atoms with Gasteiger partial charge in [-0.2, -0.15) is 13.2 Å². The summed E-state index contributed by atoms with van der Waals surface area (Å²) in [6.45, 7) is 4.09. The van der Waals surface area contributed by atoms with E-state index in [0.29, 0.717) is 5.92 Å². The van der Waals surface area contributed by atoms with Crippen molar-refractivity contribution in [2.24, 2.45) is 0 Å². The largest absolute Gasteiger partial charge is 0.416 e. The summed E-state index contributed by atoms with van der Waals surface area (Å²) >= 11 is 0. The van der Waals surface area contributed by atoms with E-state index in [4.69, 9.17) is 0 Å². The Morgan fingerprint density at radius 3 is 2.00 bits per heavy atom. The molecule has 1 N–H and O–H groups in total. The van der Waals surface area contributed by atoms with E-state index in [1.807, 2.05) is 13.8 Å². The number of alkyl halides is 3. The van der Waals surface area contributed by atoms with Crippen LogP contribution in [-0.4, -0.2) is 8.42 Å². The summed E-state index contributed by atoms with van der Waals surface area (Å²) in [5.41, 5.74) is 0.281. The van der Waals surface area contributed by atoms with Crippen molar-refractivity contribution < 1.29 is 21.6 Å². The summed E-state index contributed by atoms with van der Waals surface area (Å²) in [4.78, 5) is 0.0643. The quantitative estimate of drug-likeness (QED) is 0.817. The second-order valence-electron chi connectivity index (χ2n) is 5.56. The molecule has 7 heteroatoms. The van der Waals surface area contributed by atoms with Crippen LogP contribution in [0.1, 0.15) is 37.3 Å². The summed E-state index contributed by atoms with van der Waals surface area (Å²) < 4.78 is 64.4. The van der Waals surface area contributed by atoms with E-state index in [2.05, 4.69) is 4.72 Å². The molecule has 0 spiro atoms. The van der Waals surface area contributed by atoms with Gasteiger partial charge in [-0.05, 0) is 54.3 Å². The van der Waals surface area contributed by atoms with Gasteiger partial charge >= 0.3 is 6.18 Å². The molecule has 0 bridgehead atoms. The first-order chi connectivity index (χ1) is 11.1. The average Bonchev–Trinajstić information content (AvgIpc) is 2.53. The highest BCUT2D eigenvalue weighted by atomic mass is 32.2. The fraction of sp³-hybridized carbons (Fsp3) is 0.294. The molecule has 0 aromatic heterocycles. The van der Waals surface area contributed by atoms with E-state index in [0.717, 1.165) is 36.2 Å². The number of anilines is 1. The van der Waals surface area contributed by atoms with Crippen LogP contribution in [0.25, 0.3) is 0 Å². The van der Waals surface area contributed by atoms with E-state index in [1.165, 1.54) is 12.1 Å². The third kappa shape index (κ3) is 4.29. The first-order valence-corrected chi connectivity index (χ1v) is 8.92. The summed E-state index contributed by atoms with van der Waals surface area (Å²) in [5, 5.41) is 0. The van der Waals surface area contributed by atoms with Gasteiger partial charge in [-0.15, -0.1) is 0 Å². The first kappa shape index (κ1) is 18.3. The van der Waals surface area contributed by atoms with E-state index in [9.17, 15) is 21.6 Å². The SMILES string of the molecule is CCC(C)c1ccc(S(=O)(=O)Nc2ccc(C(F)(F)F)cc2)cc1. The molecule has 0 saturated heterocycles. The molecule has 2 rings (SSSR count). The van der Waals surface area contributed by atoms with Crippen molar-refractivity contribution in [1.29, 1.82) is 0 Å². The van der Waals surface area contributed by atoms with E-state index < -0.39 is 21.8 Å². The van der Waals surface area contributed by atoms with Gasteiger partial charge in [-0.1, -0.05) is 26.0 Å². The molecule has 0 aliphatic heterocycles. The molecule has 0 fully saturated rings. The normalized spacial score (nSPS) is 13.5. The maximum Gasteiger partial charge on any atom is 0.416 e. The number of hydrogen-bond acceptors (Lipinski definition) is 2. The molecule has 1 unspecified atom stereocenters. The lowest BCUT2D eigenvalue weighted by Gasteiger charge is -2.12. The fourth-order valence-corrected chi connectivity index (χ4v) is 3.21. The number of rotatable bonds is 5. The molecule has 0 aliphatic carbocycles. The molecule has 3 nitrogen and oxygen atoms in total. The summed E-state index contributed by atoms with van der Waals surface area (Å²) in [7, 11) is -3.84. The monoisotopic (exact) mass is 357 g/mol. The number of sulfonamides is 1. The molecule has 0 aliphatic rings. The molecular formula is C17H18F3NO2S. The zero-order chi connectivity index (χ0) is 18.0. The van der Waals surface area contributed by atoms with Crippen LogP contribution in [0.3, 0.4) is 0 Å². The van der Waals surface area contributed by atoms with Crippen molar-refractivity contribution in [2.75, 3.05) is 4.72 Å². The van der Waals surface area contributed by atoms with Crippen LogP contribution < -0.4 is 4.72 Å². The van der Waals surface area contributed by atoms with E-state index in [-0.39, 0.29) is 10.6 Å². The zero-order valence-electron chi connectivity index (χ0n) is 13.3. The minimum atomic E-state index is -4.46. The maximum atomic E-state index is 12.5. The molecule has 0 heterocycles. The highest BCUT2D eigenvalue weighted by Crippen LogP contribution is 2.30. The van der Waals surface area contributed by atoms with Crippen molar-refractivity contribution in [3.8, 4) is 0 Å². The van der Waals surface area contributed by atoms with Crippen molar-refractivity contribution in [2.45, 2.75) is 37.3 Å². The van der Waals surface area contributed by atoms with Crippen LogP contribution in [0.15, 0.2) is 53.4 Å². The zero-order valence-corrected chi connectivity index (χ0v) is 14.1. The van der Waals surface area contributed by atoms with Crippen LogP contribution in [0, 0.1) is 0 Å². The van der Waals surface area contributed by atoms with Crippen LogP contribution >= 0.6 is 0 Å². The van der Waals surface area contributed by atoms with Gasteiger partial charge in [-0.25, -0.2) is 8.42 Å². The van der Waals surface area contributed by atoms with Crippen molar-refractivity contribution in [1.82, 2.24) is 0 Å². The molecule has 0 radical (unpaired) electrons. The molecule has 2 aromatic carbocycles. The molecule has 0 saturated carbocycles. The van der Waals surface area contributed by atoms with Crippen molar-refractivity contribution in [3.05, 3.63) is 59.7 Å². The third-order valence-corrected chi connectivity index (χ3v) is 5.23. The van der Waals surface area contributed by atoms with Gasteiger partial charge in [0, 0.05) is 5.69 Å². The second-order valence-corrected chi connectivity index (χ2v) is 7.24. The Kier molecular flexibility index (Phi) is 5.22.